The molecule has 0 aliphatic rings. The number of carboxylic acids is 1. The number of carboxylic acid groups (broad SMARTS) is 1. The number of nitrogens with zero attached hydrogens (tertiary/aromatic N) is 3. The van der Waals surface area contributed by atoms with Gasteiger partial charge in [0.1, 0.15) is 11.1 Å². The van der Waals surface area contributed by atoms with Crippen molar-refractivity contribution in [3.8, 4) is 0 Å². The molecule has 6 nitrogen and oxygen atoms in total. The SMILES string of the molecule is CCCC(C)(Nc1nccn2nc(C(C)C)cc12)C(=O)O. The highest BCUT2D eigenvalue weighted by Gasteiger charge is 2.33. The van der Waals surface area contributed by atoms with Crippen LogP contribution in [0.25, 0.3) is 5.52 Å². The summed E-state index contributed by atoms with van der Waals surface area (Å²) in [4.78, 5) is 15.8. The molecule has 0 saturated carbocycles. The predicted octanol–water partition coefficient (Wildman–Crippen LogP) is 2.91. The molecule has 2 aromatic rings. The summed E-state index contributed by atoms with van der Waals surface area (Å²) in [6, 6.07) is 1.95. The zero-order valence-corrected chi connectivity index (χ0v) is 12.9. The minimum atomic E-state index is -1.04. The lowest BCUT2D eigenvalue weighted by atomic mass is 9.96. The molecule has 0 amide bonds. The normalized spacial score (nSPS) is 14.3. The summed E-state index contributed by atoms with van der Waals surface area (Å²) in [5.74, 6) is -0.0220. The van der Waals surface area contributed by atoms with Crippen LogP contribution in [0, 0.1) is 0 Å². The van der Waals surface area contributed by atoms with Crippen molar-refractivity contribution >= 4 is 17.3 Å². The molecule has 2 N–H and O–H groups in total. The third kappa shape index (κ3) is 2.99. The van der Waals surface area contributed by atoms with Gasteiger partial charge in [0.25, 0.3) is 0 Å². The van der Waals surface area contributed by atoms with Gasteiger partial charge in [-0.3, -0.25) is 0 Å². The maximum Gasteiger partial charge on any atom is 0.329 e. The summed E-state index contributed by atoms with van der Waals surface area (Å²) < 4.78 is 1.74. The minimum absolute atomic E-state index is 0.305. The van der Waals surface area contributed by atoms with Crippen molar-refractivity contribution in [2.24, 2.45) is 0 Å². The molecule has 0 aromatic carbocycles. The van der Waals surface area contributed by atoms with Crippen LogP contribution >= 0.6 is 0 Å². The van der Waals surface area contributed by atoms with Crippen LogP contribution in [0.15, 0.2) is 18.5 Å². The molecule has 6 heteroatoms. The molecule has 0 bridgehead atoms. The van der Waals surface area contributed by atoms with Crippen molar-refractivity contribution in [1.29, 1.82) is 0 Å². The Kier molecular flexibility index (Phi) is 4.16. The van der Waals surface area contributed by atoms with E-state index in [4.69, 9.17) is 0 Å². The Hall–Kier alpha value is -2.11. The predicted molar refractivity (Wildman–Crippen MR) is 81.6 cm³/mol. The lowest BCUT2D eigenvalue weighted by Crippen LogP contribution is -2.43. The lowest BCUT2D eigenvalue weighted by Gasteiger charge is -2.26. The Morgan fingerprint density at radius 2 is 2.24 bits per heavy atom. The molecule has 2 heterocycles. The number of nitrogens with one attached hydrogen (secondary N) is 1. The zero-order valence-electron chi connectivity index (χ0n) is 12.9. The summed E-state index contributed by atoms with van der Waals surface area (Å²) >= 11 is 0. The largest absolute Gasteiger partial charge is 0.480 e. The maximum atomic E-state index is 11.6. The van der Waals surface area contributed by atoms with Gasteiger partial charge in [0.2, 0.25) is 0 Å². The quantitative estimate of drug-likeness (QED) is 0.855. The van der Waals surface area contributed by atoms with Crippen molar-refractivity contribution in [2.45, 2.75) is 52.0 Å². The van der Waals surface area contributed by atoms with Crippen LogP contribution in [0.5, 0.6) is 0 Å². The first-order chi connectivity index (χ1) is 9.87. The van der Waals surface area contributed by atoms with Crippen LogP contribution in [-0.2, 0) is 4.79 Å². The second kappa shape index (κ2) is 5.71. The fraction of sp³-hybridized carbons (Fsp3) is 0.533. The van der Waals surface area contributed by atoms with Crippen molar-refractivity contribution in [3.05, 3.63) is 24.2 Å². The van der Waals surface area contributed by atoms with E-state index in [9.17, 15) is 9.90 Å². The lowest BCUT2D eigenvalue weighted by molar-refractivity contribution is -0.142. The maximum absolute atomic E-state index is 11.6. The monoisotopic (exact) mass is 290 g/mol. The summed E-state index contributed by atoms with van der Waals surface area (Å²) in [7, 11) is 0. The molecule has 0 fully saturated rings. The molecular formula is C15H22N4O2. The third-order valence-electron chi connectivity index (χ3n) is 3.62. The average molecular weight is 290 g/mol. The van der Waals surface area contributed by atoms with Gasteiger partial charge in [0.15, 0.2) is 5.82 Å². The van der Waals surface area contributed by atoms with E-state index in [1.54, 1.807) is 23.8 Å². The van der Waals surface area contributed by atoms with Crippen LogP contribution in [0.1, 0.15) is 52.1 Å². The van der Waals surface area contributed by atoms with Gasteiger partial charge >= 0.3 is 5.97 Å². The van der Waals surface area contributed by atoms with Gasteiger partial charge in [-0.2, -0.15) is 5.10 Å². The number of carbonyl (C=O) groups is 1. The Bertz CT molecular complexity index is 650. The van der Waals surface area contributed by atoms with E-state index in [-0.39, 0.29) is 0 Å². The fourth-order valence-corrected chi connectivity index (χ4v) is 2.30. The Balaban J connectivity index is 2.44. The van der Waals surface area contributed by atoms with Crippen LogP contribution in [0.4, 0.5) is 5.82 Å². The van der Waals surface area contributed by atoms with E-state index < -0.39 is 11.5 Å². The van der Waals surface area contributed by atoms with Crippen LogP contribution in [0.2, 0.25) is 0 Å². The van der Waals surface area contributed by atoms with Gasteiger partial charge < -0.3 is 10.4 Å². The Morgan fingerprint density at radius 3 is 2.81 bits per heavy atom. The second-order valence-corrected chi connectivity index (χ2v) is 5.84. The number of hydrogen-bond acceptors (Lipinski definition) is 4. The van der Waals surface area contributed by atoms with Crippen LogP contribution in [0.3, 0.4) is 0 Å². The number of aliphatic carboxylic acids is 1. The fourth-order valence-electron chi connectivity index (χ4n) is 2.30. The highest BCUT2D eigenvalue weighted by molar-refractivity contribution is 5.84. The number of hydrogen-bond donors (Lipinski definition) is 2. The first-order valence-electron chi connectivity index (χ1n) is 7.23. The van der Waals surface area contributed by atoms with Gasteiger partial charge in [-0.15, -0.1) is 0 Å². The third-order valence-corrected chi connectivity index (χ3v) is 3.62. The highest BCUT2D eigenvalue weighted by Crippen LogP contribution is 2.24. The van der Waals surface area contributed by atoms with Crippen LogP contribution < -0.4 is 5.32 Å². The number of aromatic nitrogens is 3. The summed E-state index contributed by atoms with van der Waals surface area (Å²) in [6.07, 6.45) is 4.69. The van der Waals surface area contributed by atoms with E-state index in [0.717, 1.165) is 17.6 Å². The molecule has 1 atom stereocenters. The second-order valence-electron chi connectivity index (χ2n) is 5.84. The molecule has 1 unspecified atom stereocenters. The molecule has 114 valence electrons. The molecule has 21 heavy (non-hydrogen) atoms. The first kappa shape index (κ1) is 15.3. The first-order valence-corrected chi connectivity index (χ1v) is 7.23. The van der Waals surface area contributed by atoms with E-state index >= 15 is 0 Å². The van der Waals surface area contributed by atoms with Gasteiger partial charge in [-0.1, -0.05) is 27.2 Å². The van der Waals surface area contributed by atoms with Gasteiger partial charge in [-0.05, 0) is 25.3 Å². The molecule has 2 rings (SSSR count). The summed E-state index contributed by atoms with van der Waals surface area (Å²) in [6.45, 7) is 7.79. The van der Waals surface area contributed by atoms with Crippen molar-refractivity contribution in [2.75, 3.05) is 5.32 Å². The van der Waals surface area contributed by atoms with Crippen LogP contribution in [-0.4, -0.2) is 31.2 Å². The molecule has 2 aromatic heterocycles. The molecule has 0 saturated heterocycles. The van der Waals surface area contributed by atoms with Gasteiger partial charge in [-0.25, -0.2) is 14.3 Å². The smallest absolute Gasteiger partial charge is 0.329 e. The van der Waals surface area contributed by atoms with E-state index in [0.29, 0.717) is 18.2 Å². The zero-order chi connectivity index (χ0) is 15.6. The molecule has 0 aliphatic heterocycles. The number of rotatable bonds is 6. The van der Waals surface area contributed by atoms with E-state index in [1.165, 1.54) is 0 Å². The summed E-state index contributed by atoms with van der Waals surface area (Å²) in [5, 5.41) is 17.0. The molecular weight excluding hydrogens is 268 g/mol. The summed E-state index contributed by atoms with van der Waals surface area (Å²) in [5.41, 5.74) is 0.717. The van der Waals surface area contributed by atoms with E-state index in [1.807, 2.05) is 13.0 Å². The Labute approximate surface area is 124 Å². The average Bonchev–Trinajstić information content (AvgIpc) is 2.84. The molecule has 0 radical (unpaired) electrons. The van der Waals surface area contributed by atoms with Crippen molar-refractivity contribution in [3.63, 3.8) is 0 Å². The highest BCUT2D eigenvalue weighted by atomic mass is 16.4. The molecule has 0 aliphatic carbocycles. The van der Waals surface area contributed by atoms with E-state index in [2.05, 4.69) is 29.2 Å². The Morgan fingerprint density at radius 1 is 1.52 bits per heavy atom. The van der Waals surface area contributed by atoms with Crippen molar-refractivity contribution < 1.29 is 9.90 Å². The van der Waals surface area contributed by atoms with Gasteiger partial charge in [0.05, 0.1) is 5.69 Å². The number of fused-ring (bicyclic) bond motifs is 1. The standard InChI is InChI=1S/C15H22N4O2/c1-5-6-15(4,14(20)21)17-13-12-9-11(10(2)3)18-19(12)8-7-16-13/h7-10H,5-6H2,1-4H3,(H,16,17)(H,20,21). The molecule has 0 spiro atoms. The van der Waals surface area contributed by atoms with Gasteiger partial charge in [0, 0.05) is 12.4 Å². The topological polar surface area (TPSA) is 79.5 Å². The minimum Gasteiger partial charge on any atom is -0.480 e. The van der Waals surface area contributed by atoms with Crippen molar-refractivity contribution in [1.82, 2.24) is 14.6 Å². The number of anilines is 1.